The summed E-state index contributed by atoms with van der Waals surface area (Å²) in [6.07, 6.45) is 5.81. The standard InChI is InChI=1S/C11H11BrN2/c12-9-4-8-5-10(3-7-1-2-7)14-11(8)13-6-9/h4-7H,1-3H2,(H,13,14). The number of hydrogen-bond donors (Lipinski definition) is 1. The normalized spacial score (nSPS) is 16.4. The molecule has 0 unspecified atom stereocenters. The SMILES string of the molecule is Brc1cnc2[nH]c(CC3CC3)cc2c1. The Balaban J connectivity index is 2.01. The number of nitrogens with one attached hydrogen (secondary N) is 1. The highest BCUT2D eigenvalue weighted by Crippen LogP contribution is 2.33. The van der Waals surface area contributed by atoms with E-state index in [0.717, 1.165) is 16.0 Å². The van der Waals surface area contributed by atoms with Gasteiger partial charge in [-0.25, -0.2) is 4.98 Å². The van der Waals surface area contributed by atoms with Crippen LogP contribution >= 0.6 is 15.9 Å². The third kappa shape index (κ3) is 1.57. The van der Waals surface area contributed by atoms with Crippen molar-refractivity contribution in [1.29, 1.82) is 0 Å². The number of H-pyrrole nitrogens is 1. The molecule has 1 saturated carbocycles. The summed E-state index contributed by atoms with van der Waals surface area (Å²) in [5, 5.41) is 1.20. The molecule has 0 aromatic carbocycles. The second kappa shape index (κ2) is 3.09. The third-order valence-corrected chi connectivity index (χ3v) is 3.13. The van der Waals surface area contributed by atoms with Crippen LogP contribution in [0.15, 0.2) is 22.8 Å². The van der Waals surface area contributed by atoms with Crippen LogP contribution in [0.2, 0.25) is 0 Å². The second-order valence-corrected chi connectivity index (χ2v) is 4.95. The summed E-state index contributed by atoms with van der Waals surface area (Å²) in [5.41, 5.74) is 2.33. The van der Waals surface area contributed by atoms with E-state index >= 15 is 0 Å². The van der Waals surface area contributed by atoms with E-state index in [1.807, 2.05) is 6.20 Å². The van der Waals surface area contributed by atoms with Crippen LogP contribution < -0.4 is 0 Å². The molecule has 1 N–H and O–H groups in total. The van der Waals surface area contributed by atoms with Crippen molar-refractivity contribution in [2.45, 2.75) is 19.3 Å². The van der Waals surface area contributed by atoms with Gasteiger partial charge in [0.15, 0.2) is 0 Å². The molecule has 3 rings (SSSR count). The van der Waals surface area contributed by atoms with Gasteiger partial charge in [0.05, 0.1) is 0 Å². The van der Waals surface area contributed by atoms with E-state index in [4.69, 9.17) is 0 Å². The smallest absolute Gasteiger partial charge is 0.137 e. The van der Waals surface area contributed by atoms with Crippen LogP contribution in [0.3, 0.4) is 0 Å². The van der Waals surface area contributed by atoms with Crippen LogP contribution in [-0.2, 0) is 6.42 Å². The molecule has 1 fully saturated rings. The van der Waals surface area contributed by atoms with Gasteiger partial charge in [0.25, 0.3) is 0 Å². The minimum Gasteiger partial charge on any atom is -0.343 e. The fraction of sp³-hybridized carbons (Fsp3) is 0.364. The minimum atomic E-state index is 0.923. The molecule has 0 radical (unpaired) electrons. The molecule has 2 heterocycles. The fourth-order valence-corrected chi connectivity index (χ4v) is 2.14. The average Bonchev–Trinajstić information content (AvgIpc) is 2.84. The predicted molar refractivity (Wildman–Crippen MR) is 60.2 cm³/mol. The monoisotopic (exact) mass is 250 g/mol. The number of aromatic amines is 1. The van der Waals surface area contributed by atoms with Gasteiger partial charge in [-0.1, -0.05) is 0 Å². The lowest BCUT2D eigenvalue weighted by molar-refractivity contribution is 0.812. The molecule has 0 aliphatic heterocycles. The van der Waals surface area contributed by atoms with E-state index in [1.165, 1.54) is 30.3 Å². The third-order valence-electron chi connectivity index (χ3n) is 2.70. The molecule has 0 spiro atoms. The first kappa shape index (κ1) is 8.48. The Kier molecular flexibility index (Phi) is 1.87. The second-order valence-electron chi connectivity index (χ2n) is 4.03. The Morgan fingerprint density at radius 3 is 3.07 bits per heavy atom. The number of halogens is 1. The van der Waals surface area contributed by atoms with Gasteiger partial charge in [0.2, 0.25) is 0 Å². The van der Waals surface area contributed by atoms with Crippen molar-refractivity contribution in [3.8, 4) is 0 Å². The summed E-state index contributed by atoms with van der Waals surface area (Å²) in [6, 6.07) is 4.32. The van der Waals surface area contributed by atoms with Gasteiger partial charge in [-0.3, -0.25) is 0 Å². The summed E-state index contributed by atoms with van der Waals surface area (Å²) in [6.45, 7) is 0. The Bertz CT molecular complexity index is 471. The highest BCUT2D eigenvalue weighted by molar-refractivity contribution is 9.10. The van der Waals surface area contributed by atoms with Gasteiger partial charge in [0, 0.05) is 21.7 Å². The zero-order chi connectivity index (χ0) is 9.54. The van der Waals surface area contributed by atoms with E-state index in [1.54, 1.807) is 0 Å². The molecule has 2 aromatic heterocycles. The van der Waals surface area contributed by atoms with Crippen LogP contribution in [0.1, 0.15) is 18.5 Å². The molecule has 0 amide bonds. The summed E-state index contributed by atoms with van der Waals surface area (Å²) in [5.74, 6) is 0.923. The Morgan fingerprint density at radius 2 is 2.29 bits per heavy atom. The van der Waals surface area contributed by atoms with Crippen LogP contribution in [0.5, 0.6) is 0 Å². The molecular formula is C11H11BrN2. The van der Waals surface area contributed by atoms with Gasteiger partial charge in [-0.15, -0.1) is 0 Å². The fourth-order valence-electron chi connectivity index (χ4n) is 1.79. The van der Waals surface area contributed by atoms with Crippen molar-refractivity contribution >= 4 is 27.0 Å². The van der Waals surface area contributed by atoms with E-state index < -0.39 is 0 Å². The Morgan fingerprint density at radius 1 is 1.43 bits per heavy atom. The van der Waals surface area contributed by atoms with Crippen molar-refractivity contribution in [3.05, 3.63) is 28.5 Å². The average molecular weight is 251 g/mol. The van der Waals surface area contributed by atoms with Crippen molar-refractivity contribution in [1.82, 2.24) is 9.97 Å². The minimum absolute atomic E-state index is 0.923. The van der Waals surface area contributed by atoms with Crippen molar-refractivity contribution in [2.75, 3.05) is 0 Å². The molecule has 1 aliphatic carbocycles. The van der Waals surface area contributed by atoms with Crippen LogP contribution in [0.25, 0.3) is 11.0 Å². The maximum absolute atomic E-state index is 4.33. The van der Waals surface area contributed by atoms with Crippen LogP contribution in [0, 0.1) is 5.92 Å². The van der Waals surface area contributed by atoms with E-state index in [-0.39, 0.29) is 0 Å². The number of pyridine rings is 1. The number of rotatable bonds is 2. The highest BCUT2D eigenvalue weighted by Gasteiger charge is 2.22. The number of nitrogens with zero attached hydrogens (tertiary/aromatic N) is 1. The van der Waals surface area contributed by atoms with Crippen molar-refractivity contribution < 1.29 is 0 Å². The summed E-state index contributed by atoms with van der Waals surface area (Å²) in [7, 11) is 0. The number of hydrogen-bond acceptors (Lipinski definition) is 1. The van der Waals surface area contributed by atoms with Crippen molar-refractivity contribution in [2.24, 2.45) is 5.92 Å². The molecule has 0 bridgehead atoms. The van der Waals surface area contributed by atoms with Gasteiger partial charge in [0.1, 0.15) is 5.65 Å². The summed E-state index contributed by atoms with van der Waals surface area (Å²) >= 11 is 3.43. The van der Waals surface area contributed by atoms with Crippen LogP contribution in [-0.4, -0.2) is 9.97 Å². The molecule has 3 heteroatoms. The van der Waals surface area contributed by atoms with Gasteiger partial charge < -0.3 is 4.98 Å². The highest BCUT2D eigenvalue weighted by atomic mass is 79.9. The molecule has 2 aromatic rings. The van der Waals surface area contributed by atoms with E-state index in [9.17, 15) is 0 Å². The van der Waals surface area contributed by atoms with E-state index in [2.05, 4.69) is 38.0 Å². The maximum Gasteiger partial charge on any atom is 0.137 e. The summed E-state index contributed by atoms with van der Waals surface area (Å²) in [4.78, 5) is 7.69. The first-order valence-electron chi connectivity index (χ1n) is 4.94. The first-order chi connectivity index (χ1) is 6.81. The van der Waals surface area contributed by atoms with Crippen LogP contribution in [0.4, 0.5) is 0 Å². The van der Waals surface area contributed by atoms with Gasteiger partial charge in [-0.2, -0.15) is 0 Å². The lowest BCUT2D eigenvalue weighted by Gasteiger charge is -1.90. The largest absolute Gasteiger partial charge is 0.343 e. The zero-order valence-electron chi connectivity index (χ0n) is 7.76. The number of aromatic nitrogens is 2. The molecule has 0 atom stereocenters. The first-order valence-corrected chi connectivity index (χ1v) is 5.74. The molecule has 2 nitrogen and oxygen atoms in total. The quantitative estimate of drug-likeness (QED) is 0.871. The van der Waals surface area contributed by atoms with E-state index in [0.29, 0.717) is 0 Å². The molecular weight excluding hydrogens is 240 g/mol. The topological polar surface area (TPSA) is 28.7 Å². The Hall–Kier alpha value is -0.830. The lowest BCUT2D eigenvalue weighted by Crippen LogP contribution is -1.85. The van der Waals surface area contributed by atoms with Gasteiger partial charge >= 0.3 is 0 Å². The predicted octanol–water partition coefficient (Wildman–Crippen LogP) is 3.28. The molecule has 0 saturated heterocycles. The molecule has 72 valence electrons. The Labute approximate surface area is 90.9 Å². The van der Waals surface area contributed by atoms with Crippen molar-refractivity contribution in [3.63, 3.8) is 0 Å². The maximum atomic E-state index is 4.33. The molecule has 14 heavy (non-hydrogen) atoms. The number of fused-ring (bicyclic) bond motifs is 1. The molecule has 1 aliphatic rings. The zero-order valence-corrected chi connectivity index (χ0v) is 9.34. The summed E-state index contributed by atoms with van der Waals surface area (Å²) < 4.78 is 1.04. The lowest BCUT2D eigenvalue weighted by atomic mass is 10.2. The van der Waals surface area contributed by atoms with Gasteiger partial charge in [-0.05, 0) is 53.2 Å².